The lowest BCUT2D eigenvalue weighted by Crippen LogP contribution is -2.46. The lowest BCUT2D eigenvalue weighted by atomic mass is 9.74. The molecule has 134 valence electrons. The average Bonchev–Trinajstić information content (AvgIpc) is 3.19. The molecule has 4 heteroatoms. The predicted molar refractivity (Wildman–Crippen MR) is 95.1 cm³/mol. The van der Waals surface area contributed by atoms with Crippen molar-refractivity contribution in [2.45, 2.75) is 58.0 Å². The van der Waals surface area contributed by atoms with Crippen LogP contribution in [-0.2, 0) is 11.2 Å². The molecule has 1 aromatic heterocycles. The maximum Gasteiger partial charge on any atom is 0.109 e. The number of ether oxygens (including phenoxy) is 1. The van der Waals surface area contributed by atoms with Crippen molar-refractivity contribution in [3.05, 3.63) is 23.7 Å². The van der Waals surface area contributed by atoms with Gasteiger partial charge in [0.15, 0.2) is 0 Å². The molecule has 1 aromatic rings. The summed E-state index contributed by atoms with van der Waals surface area (Å²) >= 11 is 0. The van der Waals surface area contributed by atoms with E-state index in [1.54, 1.807) is 0 Å². The molecule has 3 aliphatic rings. The first-order chi connectivity index (χ1) is 11.6. The molecule has 1 N–H and O–H groups in total. The minimum atomic E-state index is 0.325. The molecule has 2 aliphatic heterocycles. The van der Waals surface area contributed by atoms with Crippen LogP contribution in [0.4, 0.5) is 0 Å². The fraction of sp³-hybridized carbons (Fsp3) is 0.800. The highest BCUT2D eigenvalue weighted by molar-refractivity contribution is 5.26. The van der Waals surface area contributed by atoms with E-state index in [0.29, 0.717) is 17.5 Å². The Kier molecular flexibility index (Phi) is 4.72. The predicted octanol–water partition coefficient (Wildman–Crippen LogP) is 3.38. The van der Waals surface area contributed by atoms with Gasteiger partial charge in [-0.1, -0.05) is 13.8 Å². The molecule has 4 nitrogen and oxygen atoms in total. The fourth-order valence-corrected chi connectivity index (χ4v) is 4.78. The van der Waals surface area contributed by atoms with E-state index in [9.17, 15) is 0 Å². The second-order valence-electron chi connectivity index (χ2n) is 8.87. The highest BCUT2D eigenvalue weighted by Gasteiger charge is 2.35. The Morgan fingerprint density at radius 1 is 1.25 bits per heavy atom. The molecule has 0 spiro atoms. The number of fused-ring (bicyclic) bond motifs is 1. The fourth-order valence-electron chi connectivity index (χ4n) is 4.78. The van der Waals surface area contributed by atoms with E-state index in [2.05, 4.69) is 30.1 Å². The van der Waals surface area contributed by atoms with Gasteiger partial charge in [-0.2, -0.15) is 0 Å². The Bertz CT molecular complexity index is 540. The van der Waals surface area contributed by atoms with E-state index in [1.165, 1.54) is 56.6 Å². The normalized spacial score (nSPS) is 31.2. The van der Waals surface area contributed by atoms with Gasteiger partial charge in [0.1, 0.15) is 5.76 Å². The molecular weight excluding hydrogens is 300 g/mol. The van der Waals surface area contributed by atoms with Gasteiger partial charge in [-0.3, -0.25) is 0 Å². The van der Waals surface area contributed by atoms with E-state index in [4.69, 9.17) is 9.15 Å². The third kappa shape index (κ3) is 3.71. The lowest BCUT2D eigenvalue weighted by molar-refractivity contribution is 0.139. The van der Waals surface area contributed by atoms with Gasteiger partial charge in [0, 0.05) is 37.2 Å². The minimum absolute atomic E-state index is 0.325. The summed E-state index contributed by atoms with van der Waals surface area (Å²) < 4.78 is 11.3. The van der Waals surface area contributed by atoms with Crippen LogP contribution in [0.2, 0.25) is 0 Å². The average molecular weight is 332 g/mol. The smallest absolute Gasteiger partial charge is 0.109 e. The summed E-state index contributed by atoms with van der Waals surface area (Å²) in [5.41, 5.74) is 1.73. The molecule has 2 saturated heterocycles. The van der Waals surface area contributed by atoms with Crippen LogP contribution in [0, 0.1) is 11.3 Å². The van der Waals surface area contributed by atoms with Crippen LogP contribution in [0.25, 0.3) is 0 Å². The zero-order chi connectivity index (χ0) is 16.6. The maximum absolute atomic E-state index is 5.74. The highest BCUT2D eigenvalue weighted by Crippen LogP contribution is 2.41. The summed E-state index contributed by atoms with van der Waals surface area (Å²) in [6, 6.07) is 3.28. The third-order valence-electron chi connectivity index (χ3n) is 6.12. The number of piperidine rings is 1. The number of nitrogens with one attached hydrogen (secondary N) is 1. The van der Waals surface area contributed by atoms with Crippen molar-refractivity contribution < 1.29 is 9.15 Å². The minimum Gasteiger partial charge on any atom is -0.469 e. The summed E-state index contributed by atoms with van der Waals surface area (Å²) in [5.74, 6) is 1.96. The number of furan rings is 1. The Labute approximate surface area is 145 Å². The summed E-state index contributed by atoms with van der Waals surface area (Å²) in [7, 11) is 0. The van der Waals surface area contributed by atoms with Crippen molar-refractivity contribution in [2.75, 3.05) is 32.8 Å². The van der Waals surface area contributed by atoms with Gasteiger partial charge < -0.3 is 19.4 Å². The van der Waals surface area contributed by atoms with E-state index >= 15 is 0 Å². The third-order valence-corrected chi connectivity index (χ3v) is 6.12. The molecular formula is C20H32N2O2. The van der Waals surface area contributed by atoms with Gasteiger partial charge in [0.25, 0.3) is 0 Å². The zero-order valence-corrected chi connectivity index (χ0v) is 15.2. The van der Waals surface area contributed by atoms with Gasteiger partial charge in [-0.05, 0) is 56.2 Å². The van der Waals surface area contributed by atoms with Gasteiger partial charge in [0.2, 0.25) is 0 Å². The van der Waals surface area contributed by atoms with Crippen molar-refractivity contribution in [3.63, 3.8) is 0 Å². The molecule has 2 atom stereocenters. The first-order valence-electron chi connectivity index (χ1n) is 9.71. The lowest BCUT2D eigenvalue weighted by Gasteiger charge is -2.39. The number of likely N-dealkylation sites (tertiary alicyclic amines) is 1. The van der Waals surface area contributed by atoms with Crippen molar-refractivity contribution >= 4 is 0 Å². The molecule has 0 saturated carbocycles. The number of hydrogen-bond acceptors (Lipinski definition) is 4. The molecule has 3 heterocycles. The quantitative estimate of drug-likeness (QED) is 0.917. The number of hydrogen-bond donors (Lipinski definition) is 1. The van der Waals surface area contributed by atoms with E-state index in [-0.39, 0.29) is 0 Å². The number of nitrogens with zero attached hydrogens (tertiary/aromatic N) is 1. The van der Waals surface area contributed by atoms with Crippen LogP contribution in [0.15, 0.2) is 16.7 Å². The zero-order valence-electron chi connectivity index (χ0n) is 15.2. The molecule has 0 radical (unpaired) electrons. The largest absolute Gasteiger partial charge is 0.469 e. The van der Waals surface area contributed by atoms with Crippen LogP contribution < -0.4 is 5.32 Å². The van der Waals surface area contributed by atoms with Crippen LogP contribution in [0.3, 0.4) is 0 Å². The highest BCUT2D eigenvalue weighted by atomic mass is 16.5. The van der Waals surface area contributed by atoms with Gasteiger partial charge in [0.05, 0.1) is 12.9 Å². The Balaban J connectivity index is 1.31. The molecule has 4 rings (SSSR count). The first kappa shape index (κ1) is 16.6. The summed E-state index contributed by atoms with van der Waals surface area (Å²) in [5, 5.41) is 3.96. The van der Waals surface area contributed by atoms with E-state index in [1.807, 2.05) is 6.26 Å². The standard InChI is InChI=1S/C20H32N2O2/c1-20(2)11-18(17-6-10-24-19(17)12-20)21-16-3-7-22(8-4-16)13-15-5-9-23-14-15/h6,10,15-16,18,21H,3-5,7-9,11-14H2,1-2H3/t15-,18-/m0/s1. The second kappa shape index (κ2) is 6.81. The second-order valence-corrected chi connectivity index (χ2v) is 8.87. The molecule has 0 aromatic carbocycles. The van der Waals surface area contributed by atoms with Gasteiger partial charge >= 0.3 is 0 Å². The summed E-state index contributed by atoms with van der Waals surface area (Å²) in [6.07, 6.45) is 7.91. The molecule has 24 heavy (non-hydrogen) atoms. The van der Waals surface area contributed by atoms with Gasteiger partial charge in [-0.15, -0.1) is 0 Å². The van der Waals surface area contributed by atoms with Gasteiger partial charge in [-0.25, -0.2) is 0 Å². The van der Waals surface area contributed by atoms with Crippen LogP contribution in [0.5, 0.6) is 0 Å². The SMILES string of the molecule is CC1(C)Cc2occc2[C@@H](NC2CCN(C[C@@H]3CCOC3)CC2)C1. The van der Waals surface area contributed by atoms with Crippen molar-refractivity contribution in [2.24, 2.45) is 11.3 Å². The van der Waals surface area contributed by atoms with Crippen LogP contribution >= 0.6 is 0 Å². The number of rotatable bonds is 4. The Hall–Kier alpha value is -0.840. The topological polar surface area (TPSA) is 37.6 Å². The molecule has 0 amide bonds. The Morgan fingerprint density at radius 2 is 2.08 bits per heavy atom. The molecule has 2 fully saturated rings. The van der Waals surface area contributed by atoms with Crippen LogP contribution in [0.1, 0.15) is 56.9 Å². The van der Waals surface area contributed by atoms with E-state index < -0.39 is 0 Å². The summed E-state index contributed by atoms with van der Waals surface area (Å²) in [4.78, 5) is 2.64. The monoisotopic (exact) mass is 332 g/mol. The van der Waals surface area contributed by atoms with Crippen molar-refractivity contribution in [1.82, 2.24) is 10.2 Å². The Morgan fingerprint density at radius 3 is 2.83 bits per heavy atom. The van der Waals surface area contributed by atoms with Crippen LogP contribution in [-0.4, -0.2) is 43.8 Å². The van der Waals surface area contributed by atoms with Crippen molar-refractivity contribution in [1.29, 1.82) is 0 Å². The van der Waals surface area contributed by atoms with E-state index in [0.717, 1.165) is 25.6 Å². The molecule has 0 unspecified atom stereocenters. The molecule has 0 bridgehead atoms. The maximum atomic E-state index is 5.74. The summed E-state index contributed by atoms with van der Waals surface area (Å²) in [6.45, 7) is 10.3. The molecule has 1 aliphatic carbocycles. The van der Waals surface area contributed by atoms with Crippen molar-refractivity contribution in [3.8, 4) is 0 Å². The first-order valence-corrected chi connectivity index (χ1v) is 9.71.